The molecule has 2 atom stereocenters. The number of carbonyl (C=O) groups is 2. The van der Waals surface area contributed by atoms with Crippen LogP contribution in [0.3, 0.4) is 0 Å². The number of halogens is 2. The molecule has 0 aliphatic heterocycles. The zero-order valence-corrected chi connectivity index (χ0v) is 32.0. The normalized spacial score (nSPS) is 17.3. The molecule has 0 aromatic heterocycles. The smallest absolute Gasteiger partial charge is 0.293 e. The van der Waals surface area contributed by atoms with Crippen molar-refractivity contribution in [3.8, 4) is 0 Å². The van der Waals surface area contributed by atoms with E-state index in [1.165, 1.54) is 7.05 Å². The topological polar surface area (TPSA) is 121 Å². The number of nitrogens with zero attached hydrogens (tertiary/aromatic N) is 3. The van der Waals surface area contributed by atoms with Gasteiger partial charge in [0.1, 0.15) is 11.9 Å². The highest BCUT2D eigenvalue weighted by Crippen LogP contribution is 2.50. The summed E-state index contributed by atoms with van der Waals surface area (Å²) in [6.45, 7) is 16.0. The van der Waals surface area contributed by atoms with Crippen molar-refractivity contribution in [2.24, 2.45) is 27.6 Å². The molecule has 9 nitrogen and oxygen atoms in total. The van der Waals surface area contributed by atoms with E-state index in [1.807, 2.05) is 91.9 Å². The SMILES string of the molecule is CC/C=C(C)/C(=C\C=C(/C)C(=NC)/C(NC)=C(/C)N)NC=O.CN=C(C1CC1(F)F)N(C)C(=S)C(C)C.Cc1ccccc1C(C)OC=O. The summed E-state index contributed by atoms with van der Waals surface area (Å²) in [5.41, 5.74) is 13.1. The van der Waals surface area contributed by atoms with Crippen LogP contribution < -0.4 is 16.4 Å². The number of rotatable bonds is 13. The lowest BCUT2D eigenvalue weighted by Crippen LogP contribution is -2.37. The Bertz CT molecular complexity index is 1440. The molecule has 1 aromatic carbocycles. The third-order valence-electron chi connectivity index (χ3n) is 7.55. The fraction of sp³-hybridized carbons (Fsp3) is 0.486. The van der Waals surface area contributed by atoms with Gasteiger partial charge in [0.15, 0.2) is 0 Å². The van der Waals surface area contributed by atoms with Gasteiger partial charge in [-0.2, -0.15) is 0 Å². The second-order valence-electron chi connectivity index (χ2n) is 11.8. The highest BCUT2D eigenvalue weighted by molar-refractivity contribution is 7.80. The van der Waals surface area contributed by atoms with E-state index < -0.39 is 11.8 Å². The van der Waals surface area contributed by atoms with E-state index in [2.05, 4.69) is 33.6 Å². The van der Waals surface area contributed by atoms with Crippen LogP contribution in [-0.4, -0.2) is 68.4 Å². The third kappa shape index (κ3) is 14.9. The Kier molecular flexibility index (Phi) is 20.5. The monoisotopic (exact) mass is 702 g/mol. The zero-order valence-electron chi connectivity index (χ0n) is 31.2. The number of allylic oxidation sites excluding steroid dienone is 6. The largest absolute Gasteiger partial charge is 0.460 e. The fourth-order valence-corrected chi connectivity index (χ4v) is 4.87. The van der Waals surface area contributed by atoms with Gasteiger partial charge in [-0.1, -0.05) is 69.4 Å². The van der Waals surface area contributed by atoms with E-state index in [9.17, 15) is 18.4 Å². The molecule has 1 fully saturated rings. The summed E-state index contributed by atoms with van der Waals surface area (Å²) in [5, 5.41) is 5.79. The van der Waals surface area contributed by atoms with Gasteiger partial charge in [0, 0.05) is 51.9 Å². The maximum atomic E-state index is 12.9. The van der Waals surface area contributed by atoms with E-state index in [4.69, 9.17) is 22.7 Å². The Balaban J connectivity index is 0.000000741. The minimum atomic E-state index is -2.59. The van der Waals surface area contributed by atoms with Crippen LogP contribution in [0.5, 0.6) is 0 Å². The minimum Gasteiger partial charge on any atom is -0.460 e. The Morgan fingerprint density at radius 1 is 1.12 bits per heavy atom. The average Bonchev–Trinajstić information content (AvgIpc) is 3.68. The van der Waals surface area contributed by atoms with Crippen LogP contribution in [0.15, 0.2) is 80.7 Å². The highest BCUT2D eigenvalue weighted by atomic mass is 32.1. The Labute approximate surface area is 297 Å². The lowest BCUT2D eigenvalue weighted by atomic mass is 10.1. The van der Waals surface area contributed by atoms with Gasteiger partial charge in [-0.25, -0.2) is 8.78 Å². The minimum absolute atomic E-state index is 0.106. The summed E-state index contributed by atoms with van der Waals surface area (Å²) in [4.78, 5) is 31.3. The van der Waals surface area contributed by atoms with E-state index in [1.54, 1.807) is 19.0 Å². The number of hydrogen-bond acceptors (Lipinski definition) is 8. The van der Waals surface area contributed by atoms with E-state index in [0.29, 0.717) is 29.4 Å². The molecule has 1 aliphatic carbocycles. The van der Waals surface area contributed by atoms with Crippen LogP contribution in [-0.2, 0) is 14.3 Å². The van der Waals surface area contributed by atoms with Gasteiger partial charge < -0.3 is 26.0 Å². The molecule has 12 heteroatoms. The number of amidine groups is 1. The molecule has 1 aromatic rings. The van der Waals surface area contributed by atoms with E-state index >= 15 is 0 Å². The molecule has 0 bridgehead atoms. The maximum absolute atomic E-state index is 12.9. The Hall–Kier alpha value is -4.19. The third-order valence-corrected chi connectivity index (χ3v) is 8.29. The molecule has 0 spiro atoms. The Morgan fingerprint density at radius 2 is 1.71 bits per heavy atom. The summed E-state index contributed by atoms with van der Waals surface area (Å²) in [6, 6.07) is 7.86. The average molecular weight is 703 g/mol. The first-order valence-electron chi connectivity index (χ1n) is 16.1. The highest BCUT2D eigenvalue weighted by Gasteiger charge is 2.60. The molecule has 272 valence electrons. The van der Waals surface area contributed by atoms with Crippen LogP contribution in [0.2, 0.25) is 0 Å². The quantitative estimate of drug-likeness (QED) is 0.0653. The van der Waals surface area contributed by atoms with E-state index in [-0.39, 0.29) is 18.4 Å². The van der Waals surface area contributed by atoms with E-state index in [0.717, 1.165) is 45.8 Å². The van der Waals surface area contributed by atoms with Crippen LogP contribution in [0.1, 0.15) is 78.5 Å². The summed E-state index contributed by atoms with van der Waals surface area (Å²) in [6.07, 6.45) is 7.18. The molecule has 0 radical (unpaired) electrons. The van der Waals surface area contributed by atoms with Gasteiger partial charge in [-0.3, -0.25) is 19.6 Å². The summed E-state index contributed by atoms with van der Waals surface area (Å²) in [5.74, 6) is -2.77. The van der Waals surface area contributed by atoms with Crippen molar-refractivity contribution >= 4 is 41.6 Å². The summed E-state index contributed by atoms with van der Waals surface area (Å²) in [7, 11) is 6.78. The molecule has 49 heavy (non-hydrogen) atoms. The van der Waals surface area contributed by atoms with Crippen molar-refractivity contribution in [3.63, 3.8) is 0 Å². The molecule has 2 rings (SSSR count). The molecule has 1 saturated carbocycles. The van der Waals surface area contributed by atoms with Crippen molar-refractivity contribution in [3.05, 3.63) is 81.9 Å². The summed E-state index contributed by atoms with van der Waals surface area (Å²) >= 11 is 5.17. The molecule has 1 aliphatic rings. The molecule has 0 heterocycles. The van der Waals surface area contributed by atoms with Gasteiger partial charge in [0.05, 0.1) is 22.3 Å². The number of alkyl halides is 2. The number of aryl methyl sites for hydroxylation is 1. The molecule has 2 unspecified atom stereocenters. The number of ether oxygens (including phenoxy) is 1. The van der Waals surface area contributed by atoms with Crippen molar-refractivity contribution in [1.82, 2.24) is 15.5 Å². The predicted molar refractivity (Wildman–Crippen MR) is 203 cm³/mol. The van der Waals surface area contributed by atoms with Crippen LogP contribution in [0, 0.1) is 18.8 Å². The number of thiocarbonyl (C=S) groups is 1. The van der Waals surface area contributed by atoms with Crippen molar-refractivity contribution in [2.75, 3.05) is 28.2 Å². The van der Waals surface area contributed by atoms with Crippen molar-refractivity contribution < 1.29 is 23.1 Å². The number of nitrogens with one attached hydrogen (secondary N) is 2. The zero-order chi connectivity index (χ0) is 37.9. The second-order valence-corrected chi connectivity index (χ2v) is 12.2. The maximum Gasteiger partial charge on any atom is 0.293 e. The van der Waals surface area contributed by atoms with Crippen LogP contribution in [0.25, 0.3) is 0 Å². The lowest BCUT2D eigenvalue weighted by Gasteiger charge is -2.24. The number of hydrogen-bond donors (Lipinski definition) is 3. The molecular formula is C37H56F2N6O3S. The van der Waals surface area contributed by atoms with Crippen LogP contribution in [0.4, 0.5) is 8.78 Å². The van der Waals surface area contributed by atoms with Gasteiger partial charge in [0.2, 0.25) is 6.41 Å². The van der Waals surface area contributed by atoms with Crippen LogP contribution >= 0.6 is 12.2 Å². The molecule has 1 amide bonds. The number of nitrogens with two attached hydrogens (primary N) is 1. The fourth-order valence-electron chi connectivity index (χ4n) is 4.78. The first kappa shape index (κ1) is 44.8. The standard InChI is InChI=1S/C17H28N4O.C10H16F2N2S.C10H12O2/c1-7-8-12(2)15(21-11-22)10-9-13(3)16(19-5)17(20-6)14(4)18;1-6(2)9(15)14(4)8(13-3)7-5-10(7,11)12;1-8-5-3-4-6-10(8)9(2)12-7-11/h8-11,20H,7,18H2,1-6H3,(H,21,22);6-7H,5H2,1-4H3;3-7,9H,1-2H3/b12-8+,13-9+,15-10+,17-14+,19-16?;;. The predicted octanol–water partition coefficient (Wildman–Crippen LogP) is 7.21. The number of benzene rings is 1. The molecule has 0 saturated heterocycles. The Morgan fingerprint density at radius 3 is 2.12 bits per heavy atom. The van der Waals surface area contributed by atoms with Gasteiger partial charge in [0.25, 0.3) is 12.4 Å². The summed E-state index contributed by atoms with van der Waals surface area (Å²) < 4.78 is 30.6. The number of carbonyl (C=O) groups excluding carboxylic acids is 2. The van der Waals surface area contributed by atoms with Gasteiger partial charge in [-0.15, -0.1) is 0 Å². The second kappa shape index (κ2) is 22.4. The number of amides is 1. The lowest BCUT2D eigenvalue weighted by molar-refractivity contribution is -0.133. The van der Waals surface area contributed by atoms with Crippen molar-refractivity contribution in [1.29, 1.82) is 0 Å². The van der Waals surface area contributed by atoms with Crippen molar-refractivity contribution in [2.45, 2.75) is 80.3 Å². The van der Waals surface area contributed by atoms with Gasteiger partial charge >= 0.3 is 0 Å². The number of aliphatic imine (C=N–C) groups is 2. The molecular weight excluding hydrogens is 647 g/mol. The molecule has 4 N–H and O–H groups in total. The first-order valence-corrected chi connectivity index (χ1v) is 16.5. The van der Waals surface area contributed by atoms with Gasteiger partial charge in [-0.05, 0) is 69.4 Å². The first-order chi connectivity index (χ1) is 23.0.